The second kappa shape index (κ2) is 9.23. The molecular weight excluding hydrogens is 362 g/mol. The second-order valence-electron chi connectivity index (χ2n) is 7.74. The number of hydrogen-bond donors (Lipinski definition) is 0. The van der Waals surface area contributed by atoms with Crippen LogP contribution in [0.25, 0.3) is 10.9 Å². The third kappa shape index (κ3) is 4.35. The topological polar surface area (TPSA) is 47.4 Å². The molecule has 3 aromatic rings. The number of para-hydroxylation sites is 1. The van der Waals surface area contributed by atoms with Crippen LogP contribution in [0.5, 0.6) is 0 Å². The average molecular weight is 392 g/mol. The number of rotatable bonds is 7. The Morgan fingerprint density at radius 2 is 2.10 bits per heavy atom. The summed E-state index contributed by atoms with van der Waals surface area (Å²) in [5.74, 6) is 0.243. The standard InChI is InChI=1S/C24H29N3O2/c1-29-16-15-26-18-20(21-8-2-3-10-23(21)26)11-12-24(28)27-14-5-4-9-22(27)19-7-6-13-25-17-19/h2-3,6-8,10,13,17-18,22H,4-5,9,11-12,14-16H2,1H3. The first-order valence-electron chi connectivity index (χ1n) is 10.5. The van der Waals surface area contributed by atoms with Gasteiger partial charge in [-0.15, -0.1) is 0 Å². The van der Waals surface area contributed by atoms with Crippen LogP contribution in [0.3, 0.4) is 0 Å². The van der Waals surface area contributed by atoms with Crippen molar-refractivity contribution in [1.82, 2.24) is 14.5 Å². The fourth-order valence-corrected chi connectivity index (χ4v) is 4.43. The highest BCUT2D eigenvalue weighted by Gasteiger charge is 2.27. The SMILES string of the molecule is COCCn1cc(CCC(=O)N2CCCCC2c2cccnc2)c2ccccc21. The lowest BCUT2D eigenvalue weighted by atomic mass is 9.95. The molecule has 0 radical (unpaired) electrons. The zero-order valence-corrected chi connectivity index (χ0v) is 17.1. The number of fused-ring (bicyclic) bond motifs is 1. The monoisotopic (exact) mass is 391 g/mol. The zero-order valence-electron chi connectivity index (χ0n) is 17.1. The van der Waals surface area contributed by atoms with Crippen molar-refractivity contribution in [2.75, 3.05) is 20.3 Å². The molecule has 0 aliphatic carbocycles. The van der Waals surface area contributed by atoms with Gasteiger partial charge in [-0.05, 0) is 48.9 Å². The van der Waals surface area contributed by atoms with E-state index in [1.807, 2.05) is 12.3 Å². The van der Waals surface area contributed by atoms with E-state index in [1.165, 1.54) is 16.5 Å². The lowest BCUT2D eigenvalue weighted by Gasteiger charge is -2.36. The highest BCUT2D eigenvalue weighted by Crippen LogP contribution is 2.31. The Kier molecular flexibility index (Phi) is 6.25. The van der Waals surface area contributed by atoms with Gasteiger partial charge in [-0.3, -0.25) is 9.78 Å². The van der Waals surface area contributed by atoms with Gasteiger partial charge in [0.25, 0.3) is 0 Å². The highest BCUT2D eigenvalue weighted by atomic mass is 16.5. The number of amides is 1. The number of aryl methyl sites for hydroxylation is 1. The molecule has 2 aromatic heterocycles. The van der Waals surface area contributed by atoms with Crippen LogP contribution < -0.4 is 0 Å². The maximum Gasteiger partial charge on any atom is 0.223 e. The van der Waals surface area contributed by atoms with Crippen molar-refractivity contribution >= 4 is 16.8 Å². The summed E-state index contributed by atoms with van der Waals surface area (Å²) in [7, 11) is 1.72. The summed E-state index contributed by atoms with van der Waals surface area (Å²) in [4.78, 5) is 19.5. The summed E-state index contributed by atoms with van der Waals surface area (Å²) in [6.45, 7) is 2.34. The van der Waals surface area contributed by atoms with E-state index < -0.39 is 0 Å². The van der Waals surface area contributed by atoms with Gasteiger partial charge in [0.1, 0.15) is 0 Å². The van der Waals surface area contributed by atoms with Crippen LogP contribution in [-0.4, -0.2) is 40.6 Å². The Labute approximate surface area is 172 Å². The molecule has 0 bridgehead atoms. The largest absolute Gasteiger partial charge is 0.383 e. The first kappa shape index (κ1) is 19.6. The van der Waals surface area contributed by atoms with Crippen LogP contribution in [0.4, 0.5) is 0 Å². The van der Waals surface area contributed by atoms with E-state index in [1.54, 1.807) is 13.3 Å². The fraction of sp³-hybridized carbons (Fsp3) is 0.417. The van der Waals surface area contributed by atoms with E-state index in [2.05, 4.69) is 51.0 Å². The van der Waals surface area contributed by atoms with Crippen LogP contribution in [-0.2, 0) is 22.5 Å². The number of likely N-dealkylation sites (tertiary alicyclic amines) is 1. The van der Waals surface area contributed by atoms with Gasteiger partial charge in [-0.2, -0.15) is 0 Å². The normalized spacial score (nSPS) is 17.0. The first-order chi connectivity index (χ1) is 14.3. The fourth-order valence-electron chi connectivity index (χ4n) is 4.43. The van der Waals surface area contributed by atoms with Crippen molar-refractivity contribution in [2.45, 2.75) is 44.7 Å². The van der Waals surface area contributed by atoms with Crippen molar-refractivity contribution in [3.63, 3.8) is 0 Å². The van der Waals surface area contributed by atoms with Gasteiger partial charge in [-0.25, -0.2) is 0 Å². The molecule has 1 aliphatic heterocycles. The minimum atomic E-state index is 0.160. The molecule has 0 N–H and O–H groups in total. The van der Waals surface area contributed by atoms with Crippen molar-refractivity contribution in [1.29, 1.82) is 0 Å². The molecule has 3 heterocycles. The molecular formula is C24H29N3O2. The summed E-state index contributed by atoms with van der Waals surface area (Å²) in [6.07, 6.45) is 10.4. The molecule has 1 aromatic carbocycles. The molecule has 5 heteroatoms. The van der Waals surface area contributed by atoms with Gasteiger partial charge in [0.15, 0.2) is 0 Å². The molecule has 5 nitrogen and oxygen atoms in total. The maximum atomic E-state index is 13.1. The molecule has 1 saturated heterocycles. The molecule has 1 aliphatic rings. The number of nitrogens with zero attached hydrogens (tertiary/aromatic N) is 3. The van der Waals surface area contributed by atoms with E-state index in [9.17, 15) is 4.79 Å². The number of piperidine rings is 1. The molecule has 152 valence electrons. The van der Waals surface area contributed by atoms with Gasteiger partial charge in [0.05, 0.1) is 12.6 Å². The molecule has 1 unspecified atom stereocenters. The van der Waals surface area contributed by atoms with Gasteiger partial charge >= 0.3 is 0 Å². The summed E-state index contributed by atoms with van der Waals surface area (Å²) in [5, 5.41) is 1.24. The van der Waals surface area contributed by atoms with E-state index in [4.69, 9.17) is 4.74 Å². The van der Waals surface area contributed by atoms with Crippen LogP contribution in [0, 0.1) is 0 Å². The van der Waals surface area contributed by atoms with Crippen molar-refractivity contribution in [3.8, 4) is 0 Å². The quantitative estimate of drug-likeness (QED) is 0.601. The lowest BCUT2D eigenvalue weighted by molar-refractivity contribution is -0.135. The summed E-state index contributed by atoms with van der Waals surface area (Å²) >= 11 is 0. The summed E-state index contributed by atoms with van der Waals surface area (Å²) in [6, 6.07) is 12.6. The molecule has 29 heavy (non-hydrogen) atoms. The average Bonchev–Trinajstić information content (AvgIpc) is 3.14. The number of benzene rings is 1. The lowest BCUT2D eigenvalue weighted by Crippen LogP contribution is -2.38. The van der Waals surface area contributed by atoms with Crippen molar-refractivity contribution in [2.24, 2.45) is 0 Å². The second-order valence-corrected chi connectivity index (χ2v) is 7.74. The zero-order chi connectivity index (χ0) is 20.1. The van der Waals surface area contributed by atoms with Gasteiger partial charge < -0.3 is 14.2 Å². The van der Waals surface area contributed by atoms with E-state index in [0.717, 1.165) is 44.3 Å². The number of methoxy groups -OCH3 is 1. The molecule has 1 atom stereocenters. The predicted octanol–water partition coefficient (Wildman–Crippen LogP) is 4.37. The Balaban J connectivity index is 1.49. The van der Waals surface area contributed by atoms with Crippen LogP contribution in [0.2, 0.25) is 0 Å². The first-order valence-corrected chi connectivity index (χ1v) is 10.5. The summed E-state index contributed by atoms with van der Waals surface area (Å²) in [5.41, 5.74) is 3.59. The molecule has 0 spiro atoms. The Morgan fingerprint density at radius 1 is 1.21 bits per heavy atom. The van der Waals surface area contributed by atoms with Crippen LogP contribution in [0.15, 0.2) is 55.0 Å². The van der Waals surface area contributed by atoms with Crippen LogP contribution in [0.1, 0.15) is 42.9 Å². The molecule has 1 amide bonds. The van der Waals surface area contributed by atoms with E-state index in [-0.39, 0.29) is 11.9 Å². The number of aromatic nitrogens is 2. The maximum absolute atomic E-state index is 13.1. The number of hydrogen-bond acceptors (Lipinski definition) is 3. The Morgan fingerprint density at radius 3 is 2.93 bits per heavy atom. The predicted molar refractivity (Wildman–Crippen MR) is 115 cm³/mol. The van der Waals surface area contributed by atoms with Gasteiger partial charge in [0, 0.05) is 56.1 Å². The highest BCUT2D eigenvalue weighted by molar-refractivity contribution is 5.85. The Hall–Kier alpha value is -2.66. The van der Waals surface area contributed by atoms with Crippen molar-refractivity contribution < 1.29 is 9.53 Å². The molecule has 1 fully saturated rings. The molecule has 4 rings (SSSR count). The molecule has 0 saturated carbocycles. The third-order valence-corrected chi connectivity index (χ3v) is 5.91. The Bertz CT molecular complexity index is 951. The van der Waals surface area contributed by atoms with Crippen molar-refractivity contribution in [3.05, 3.63) is 66.1 Å². The third-order valence-electron chi connectivity index (χ3n) is 5.91. The smallest absolute Gasteiger partial charge is 0.223 e. The number of pyridine rings is 1. The summed E-state index contributed by atoms with van der Waals surface area (Å²) < 4.78 is 7.48. The minimum absolute atomic E-state index is 0.160. The van der Waals surface area contributed by atoms with E-state index in [0.29, 0.717) is 13.0 Å². The van der Waals surface area contributed by atoms with Gasteiger partial charge in [-0.1, -0.05) is 24.3 Å². The number of carbonyl (C=O) groups excluding carboxylic acids is 1. The van der Waals surface area contributed by atoms with E-state index >= 15 is 0 Å². The van der Waals surface area contributed by atoms with Gasteiger partial charge in [0.2, 0.25) is 5.91 Å². The minimum Gasteiger partial charge on any atom is -0.383 e. The van der Waals surface area contributed by atoms with Crippen LogP contribution >= 0.6 is 0 Å². The number of carbonyl (C=O) groups is 1. The number of ether oxygens (including phenoxy) is 1.